The van der Waals surface area contributed by atoms with Gasteiger partial charge in [0, 0.05) is 52.2 Å². The molecule has 0 N–H and O–H groups in total. The fourth-order valence-corrected chi connectivity index (χ4v) is 11.2. The minimum Gasteiger partial charge on any atom is -0.208 e. The quantitative estimate of drug-likeness (QED) is 0.186. The molecule has 0 radical (unpaired) electrons. The van der Waals surface area contributed by atoms with Gasteiger partial charge in [0.05, 0.1) is 0 Å². The van der Waals surface area contributed by atoms with Crippen LogP contribution in [0.3, 0.4) is 0 Å². The van der Waals surface area contributed by atoms with Crippen molar-refractivity contribution in [2.24, 2.45) is 0 Å². The maximum absolute atomic E-state index is 5.25. The second kappa shape index (κ2) is 11.2. The third-order valence-electron chi connectivity index (χ3n) is 10.0. The average molecular weight is 678 g/mol. The van der Waals surface area contributed by atoms with Crippen LogP contribution >= 0.6 is 21.4 Å². The Balaban J connectivity index is 1.16. The predicted molar refractivity (Wildman–Crippen MR) is 213 cm³/mol. The Labute approximate surface area is 296 Å². The van der Waals surface area contributed by atoms with Crippen LogP contribution in [0.2, 0.25) is 0 Å². The van der Waals surface area contributed by atoms with E-state index < -0.39 is 10.0 Å². The maximum atomic E-state index is 5.25. The van der Waals surface area contributed by atoms with Gasteiger partial charge in [-0.15, -0.1) is 11.3 Å². The lowest BCUT2D eigenvalue weighted by molar-refractivity contribution is 1.07. The molecule has 0 fully saturated rings. The van der Waals surface area contributed by atoms with Crippen LogP contribution in [0.25, 0.3) is 87.4 Å². The molecule has 0 aliphatic carbocycles. The summed E-state index contributed by atoms with van der Waals surface area (Å²) >= 11 is 1.81. The van der Waals surface area contributed by atoms with E-state index in [4.69, 9.17) is 15.0 Å². The second-order valence-corrected chi connectivity index (χ2v) is 17.8. The summed E-state index contributed by atoms with van der Waals surface area (Å²) in [6, 6.07) is 54.4. The van der Waals surface area contributed by atoms with Crippen molar-refractivity contribution in [1.29, 1.82) is 0 Å². The van der Waals surface area contributed by atoms with E-state index in [1.807, 2.05) is 11.3 Å². The van der Waals surface area contributed by atoms with Crippen LogP contribution in [-0.2, 0) is 0 Å². The van der Waals surface area contributed by atoms with Crippen molar-refractivity contribution in [2.45, 2.75) is 9.79 Å². The Morgan fingerprint density at radius 3 is 1.88 bits per heavy atom. The molecule has 5 heteroatoms. The number of benzene rings is 7. The van der Waals surface area contributed by atoms with Crippen molar-refractivity contribution in [1.82, 2.24) is 15.0 Å². The van der Waals surface area contributed by atoms with Crippen LogP contribution in [-0.4, -0.2) is 27.5 Å². The highest BCUT2D eigenvalue weighted by Crippen LogP contribution is 2.68. The molecule has 1 aliphatic rings. The van der Waals surface area contributed by atoms with Gasteiger partial charge in [-0.05, 0) is 64.2 Å². The summed E-state index contributed by atoms with van der Waals surface area (Å²) in [6.07, 6.45) is 4.78. The van der Waals surface area contributed by atoms with Crippen molar-refractivity contribution < 1.29 is 0 Å². The maximum Gasteiger partial charge on any atom is 0.164 e. The number of thiophene rings is 1. The number of hydrogen-bond acceptors (Lipinski definition) is 4. The highest BCUT2D eigenvalue weighted by molar-refractivity contribution is 8.33. The lowest BCUT2D eigenvalue weighted by Crippen LogP contribution is -2.01. The fourth-order valence-electron chi connectivity index (χ4n) is 7.55. The number of rotatable bonds is 4. The monoisotopic (exact) mass is 677 g/mol. The van der Waals surface area contributed by atoms with Crippen LogP contribution in [0, 0.1) is 0 Å². The van der Waals surface area contributed by atoms with Crippen LogP contribution < -0.4 is 0 Å². The SMILES string of the molecule is CS1(C)c2ccccc2-c2c(-c3nc(-c4ccc(-c5cccc6ccccc56)cc4)nc(-c4ccc5c(c4)sc4ccccc45)n3)cccc21. The first-order chi connectivity index (χ1) is 24.5. The minimum atomic E-state index is -1.17. The van der Waals surface area contributed by atoms with E-state index in [2.05, 4.69) is 164 Å². The number of hydrogen-bond donors (Lipinski definition) is 0. The highest BCUT2D eigenvalue weighted by atomic mass is 32.3. The number of fused-ring (bicyclic) bond motifs is 7. The van der Waals surface area contributed by atoms with Gasteiger partial charge in [0.1, 0.15) is 0 Å². The molecule has 2 aromatic heterocycles. The van der Waals surface area contributed by atoms with Crippen LogP contribution in [0.1, 0.15) is 0 Å². The summed E-state index contributed by atoms with van der Waals surface area (Å²) in [4.78, 5) is 18.4. The van der Waals surface area contributed by atoms with Gasteiger partial charge in [-0.3, -0.25) is 0 Å². The Morgan fingerprint density at radius 2 is 1.00 bits per heavy atom. The molecule has 0 bridgehead atoms. The summed E-state index contributed by atoms with van der Waals surface area (Å²) in [6.45, 7) is 0. The van der Waals surface area contributed by atoms with E-state index in [0.29, 0.717) is 17.5 Å². The summed E-state index contributed by atoms with van der Waals surface area (Å²) in [5.41, 5.74) is 7.91. The molecule has 7 aromatic carbocycles. The first-order valence-corrected chi connectivity index (χ1v) is 20.0. The molecular formula is C45H31N3S2. The lowest BCUT2D eigenvalue weighted by Gasteiger charge is -2.28. The van der Waals surface area contributed by atoms with E-state index in [1.54, 1.807) is 0 Å². The normalized spacial score (nSPS) is 13.8. The van der Waals surface area contributed by atoms with E-state index in [0.717, 1.165) is 22.3 Å². The summed E-state index contributed by atoms with van der Waals surface area (Å²) in [5.74, 6) is 2.04. The zero-order valence-electron chi connectivity index (χ0n) is 27.6. The molecule has 3 heterocycles. The van der Waals surface area contributed by atoms with E-state index in [9.17, 15) is 0 Å². The smallest absolute Gasteiger partial charge is 0.164 e. The summed E-state index contributed by atoms with van der Waals surface area (Å²) in [5, 5.41) is 5.02. The molecule has 238 valence electrons. The van der Waals surface area contributed by atoms with Gasteiger partial charge in [-0.2, -0.15) is 10.0 Å². The molecule has 0 atom stereocenters. The zero-order valence-corrected chi connectivity index (χ0v) is 29.2. The molecule has 0 spiro atoms. The zero-order chi connectivity index (χ0) is 33.4. The largest absolute Gasteiger partial charge is 0.208 e. The summed E-state index contributed by atoms with van der Waals surface area (Å²) in [7, 11) is -1.17. The Kier molecular flexibility index (Phi) is 6.57. The van der Waals surface area contributed by atoms with Crippen LogP contribution in [0.4, 0.5) is 0 Å². The van der Waals surface area contributed by atoms with Gasteiger partial charge in [-0.25, -0.2) is 15.0 Å². The minimum absolute atomic E-state index is 0.668. The molecule has 10 rings (SSSR count). The third kappa shape index (κ3) is 4.54. The Morgan fingerprint density at radius 1 is 0.420 bits per heavy atom. The van der Waals surface area contributed by atoms with Gasteiger partial charge in [-0.1, -0.05) is 127 Å². The fraction of sp³-hybridized carbons (Fsp3) is 0.0444. The molecule has 0 saturated carbocycles. The first-order valence-electron chi connectivity index (χ1n) is 16.8. The van der Waals surface area contributed by atoms with Gasteiger partial charge in [0.2, 0.25) is 0 Å². The van der Waals surface area contributed by atoms with Crippen molar-refractivity contribution in [3.63, 3.8) is 0 Å². The van der Waals surface area contributed by atoms with Crippen LogP contribution in [0.5, 0.6) is 0 Å². The molecule has 0 amide bonds. The molecule has 1 aliphatic heterocycles. The summed E-state index contributed by atoms with van der Waals surface area (Å²) < 4.78 is 2.51. The average Bonchev–Trinajstić information content (AvgIpc) is 3.66. The number of aromatic nitrogens is 3. The third-order valence-corrected chi connectivity index (χ3v) is 14.1. The van der Waals surface area contributed by atoms with Crippen molar-refractivity contribution >= 4 is 52.3 Å². The van der Waals surface area contributed by atoms with Crippen molar-refractivity contribution in [3.8, 4) is 56.4 Å². The molecular weight excluding hydrogens is 647 g/mol. The van der Waals surface area contributed by atoms with Crippen LogP contribution in [0.15, 0.2) is 161 Å². The molecule has 9 aromatic rings. The first kappa shape index (κ1) is 29.3. The molecule has 0 saturated heterocycles. The van der Waals surface area contributed by atoms with Crippen molar-refractivity contribution in [2.75, 3.05) is 12.5 Å². The highest BCUT2D eigenvalue weighted by Gasteiger charge is 2.34. The van der Waals surface area contributed by atoms with Gasteiger partial charge in [0.15, 0.2) is 17.5 Å². The molecule has 50 heavy (non-hydrogen) atoms. The number of nitrogens with zero attached hydrogens (tertiary/aromatic N) is 3. The molecule has 3 nitrogen and oxygen atoms in total. The Hall–Kier alpha value is -5.62. The van der Waals surface area contributed by atoms with E-state index >= 15 is 0 Å². The lowest BCUT2D eigenvalue weighted by atomic mass is 9.97. The standard InChI is InChI=1S/C45H31N3S2/c1-50(2)40-19-8-6-15-36(40)42-37(17-10-20-41(42)50)45-47-43(30-23-21-29(22-24-30)33-16-9-12-28-11-3-4-13-32(28)33)46-44(48-45)31-25-26-35-34-14-5-7-18-38(34)49-39(35)27-31/h3-27H,1-2H3. The molecule has 0 unspecified atom stereocenters. The van der Waals surface area contributed by atoms with Crippen molar-refractivity contribution in [3.05, 3.63) is 152 Å². The van der Waals surface area contributed by atoms with Gasteiger partial charge >= 0.3 is 0 Å². The predicted octanol–water partition coefficient (Wildman–Crippen LogP) is 12.5. The van der Waals surface area contributed by atoms with Gasteiger partial charge in [0.25, 0.3) is 0 Å². The second-order valence-electron chi connectivity index (χ2n) is 13.2. The van der Waals surface area contributed by atoms with Gasteiger partial charge < -0.3 is 0 Å². The van der Waals surface area contributed by atoms with E-state index in [1.165, 1.54) is 57.4 Å². The Bertz CT molecular complexity index is 2790. The van der Waals surface area contributed by atoms with E-state index in [-0.39, 0.29) is 0 Å². The topological polar surface area (TPSA) is 38.7 Å².